The van der Waals surface area contributed by atoms with E-state index >= 15 is 0 Å². The van der Waals surface area contributed by atoms with Crippen molar-refractivity contribution in [3.63, 3.8) is 0 Å². The second-order valence-corrected chi connectivity index (χ2v) is 5.21. The van der Waals surface area contributed by atoms with Gasteiger partial charge in [0.2, 0.25) is 0 Å². The van der Waals surface area contributed by atoms with Gasteiger partial charge in [0.1, 0.15) is 0 Å². The summed E-state index contributed by atoms with van der Waals surface area (Å²) in [4.78, 5) is 0. The van der Waals surface area contributed by atoms with Gasteiger partial charge in [0, 0.05) is 14.6 Å². The molecule has 1 aromatic heterocycles. The lowest BCUT2D eigenvalue weighted by Crippen LogP contribution is -2.14. The topological polar surface area (TPSA) is 39.2 Å². The Labute approximate surface area is 113 Å². The highest BCUT2D eigenvalue weighted by Crippen LogP contribution is 2.25. The molecule has 1 unspecified atom stereocenters. The van der Waals surface area contributed by atoms with Crippen LogP contribution in [0, 0.1) is 3.57 Å². The van der Waals surface area contributed by atoms with Gasteiger partial charge in [0.25, 0.3) is 0 Å². The minimum atomic E-state index is -0.0526. The second kappa shape index (κ2) is 5.21. The molecule has 0 fully saturated rings. The number of halogens is 2. The molecule has 2 aromatic rings. The van der Waals surface area contributed by atoms with Gasteiger partial charge in [-0.3, -0.25) is 0 Å². The van der Waals surface area contributed by atoms with Crippen LogP contribution >= 0.6 is 34.2 Å². The van der Waals surface area contributed by atoms with Crippen LogP contribution in [0.3, 0.4) is 0 Å². The van der Waals surface area contributed by atoms with E-state index in [2.05, 4.69) is 22.6 Å². The Morgan fingerprint density at radius 3 is 2.88 bits per heavy atom. The summed E-state index contributed by atoms with van der Waals surface area (Å²) in [6.07, 6.45) is 4.13. The van der Waals surface area contributed by atoms with Gasteiger partial charge < -0.3 is 10.2 Å². The zero-order valence-electron chi connectivity index (χ0n) is 8.49. The van der Waals surface area contributed by atoms with Gasteiger partial charge in [-0.2, -0.15) is 0 Å². The number of furan rings is 1. The van der Waals surface area contributed by atoms with Crippen LogP contribution in [0.5, 0.6) is 0 Å². The van der Waals surface area contributed by atoms with E-state index in [9.17, 15) is 0 Å². The maximum atomic E-state index is 6.15. The van der Waals surface area contributed by atoms with Gasteiger partial charge in [0.05, 0.1) is 12.5 Å². The second-order valence-electron chi connectivity index (χ2n) is 3.61. The van der Waals surface area contributed by atoms with E-state index in [1.165, 1.54) is 0 Å². The smallest absolute Gasteiger partial charge is 0.0935 e. The lowest BCUT2D eigenvalue weighted by Gasteiger charge is -2.13. The summed E-state index contributed by atoms with van der Waals surface area (Å²) in [5, 5.41) is 0.720. The zero-order chi connectivity index (χ0) is 11.5. The van der Waals surface area contributed by atoms with Gasteiger partial charge in [-0.15, -0.1) is 0 Å². The first-order valence-corrected chi connectivity index (χ1v) is 6.34. The molecule has 0 bridgehead atoms. The molecule has 0 radical (unpaired) electrons. The van der Waals surface area contributed by atoms with Gasteiger partial charge >= 0.3 is 0 Å². The zero-order valence-corrected chi connectivity index (χ0v) is 11.4. The molecule has 0 aliphatic rings. The van der Waals surface area contributed by atoms with Crippen molar-refractivity contribution in [2.45, 2.75) is 12.5 Å². The minimum absolute atomic E-state index is 0.0526. The van der Waals surface area contributed by atoms with Gasteiger partial charge in [-0.05, 0) is 64.4 Å². The van der Waals surface area contributed by atoms with E-state index in [0.29, 0.717) is 0 Å². The minimum Gasteiger partial charge on any atom is -0.472 e. The molecular weight excluding hydrogens is 336 g/mol. The largest absolute Gasteiger partial charge is 0.472 e. The average molecular weight is 348 g/mol. The summed E-state index contributed by atoms with van der Waals surface area (Å²) in [6, 6.07) is 7.65. The van der Waals surface area contributed by atoms with Crippen molar-refractivity contribution in [1.29, 1.82) is 0 Å². The molecule has 0 saturated carbocycles. The van der Waals surface area contributed by atoms with Gasteiger partial charge in [0.15, 0.2) is 0 Å². The standard InChI is InChI=1S/C12H11ClINO/c13-9-1-2-11(14)10(6-9)12(15)5-8-3-4-16-7-8/h1-4,6-7,12H,5,15H2. The van der Waals surface area contributed by atoms with Crippen LogP contribution in [0.25, 0.3) is 0 Å². The monoisotopic (exact) mass is 347 g/mol. The van der Waals surface area contributed by atoms with E-state index in [1.54, 1.807) is 12.5 Å². The molecule has 2 rings (SSSR count). The Bertz CT molecular complexity index is 470. The number of hydrogen-bond acceptors (Lipinski definition) is 2. The van der Waals surface area contributed by atoms with Crippen molar-refractivity contribution in [3.05, 3.63) is 56.5 Å². The molecule has 0 spiro atoms. The summed E-state index contributed by atoms with van der Waals surface area (Å²) in [7, 11) is 0. The highest BCUT2D eigenvalue weighted by atomic mass is 127. The van der Waals surface area contributed by atoms with Crippen molar-refractivity contribution < 1.29 is 4.42 Å². The quantitative estimate of drug-likeness (QED) is 0.858. The first-order chi connectivity index (χ1) is 7.66. The van der Waals surface area contributed by atoms with Crippen molar-refractivity contribution in [3.8, 4) is 0 Å². The summed E-state index contributed by atoms with van der Waals surface area (Å²) < 4.78 is 6.16. The molecular formula is C12H11ClINO. The van der Waals surface area contributed by atoms with E-state index in [4.69, 9.17) is 21.8 Å². The fourth-order valence-electron chi connectivity index (χ4n) is 1.57. The van der Waals surface area contributed by atoms with Crippen molar-refractivity contribution >= 4 is 34.2 Å². The third kappa shape index (κ3) is 2.78. The fraction of sp³-hybridized carbons (Fsp3) is 0.167. The molecule has 0 aliphatic carbocycles. The number of benzene rings is 1. The first-order valence-electron chi connectivity index (χ1n) is 4.88. The fourth-order valence-corrected chi connectivity index (χ4v) is 2.49. The van der Waals surface area contributed by atoms with E-state index in [0.717, 1.165) is 26.1 Å². The number of rotatable bonds is 3. The van der Waals surface area contributed by atoms with Crippen LogP contribution in [0.2, 0.25) is 5.02 Å². The van der Waals surface area contributed by atoms with Gasteiger partial charge in [-0.1, -0.05) is 11.6 Å². The van der Waals surface area contributed by atoms with Crippen LogP contribution in [0.15, 0.2) is 41.2 Å². The molecule has 16 heavy (non-hydrogen) atoms. The molecule has 84 valence electrons. The van der Waals surface area contributed by atoms with Crippen molar-refractivity contribution in [2.75, 3.05) is 0 Å². The summed E-state index contributed by atoms with van der Waals surface area (Å²) in [5.74, 6) is 0. The molecule has 2 N–H and O–H groups in total. The predicted octanol–water partition coefficient (Wildman–Crippen LogP) is 3.78. The molecule has 0 saturated heterocycles. The number of nitrogens with two attached hydrogens (primary N) is 1. The van der Waals surface area contributed by atoms with Crippen molar-refractivity contribution in [2.24, 2.45) is 5.73 Å². The summed E-state index contributed by atoms with van der Waals surface area (Å²) >= 11 is 8.24. The average Bonchev–Trinajstić information content (AvgIpc) is 2.74. The summed E-state index contributed by atoms with van der Waals surface area (Å²) in [5.41, 5.74) is 8.33. The predicted molar refractivity (Wildman–Crippen MR) is 73.5 cm³/mol. The normalized spacial score (nSPS) is 12.7. The molecule has 4 heteroatoms. The Morgan fingerprint density at radius 2 is 2.19 bits per heavy atom. The first kappa shape index (κ1) is 12.0. The Hall–Kier alpha value is -0.520. The molecule has 1 heterocycles. The highest BCUT2D eigenvalue weighted by Gasteiger charge is 2.11. The van der Waals surface area contributed by atoms with Gasteiger partial charge in [-0.25, -0.2) is 0 Å². The third-order valence-electron chi connectivity index (χ3n) is 2.39. The van der Waals surface area contributed by atoms with Crippen LogP contribution in [-0.2, 0) is 6.42 Å². The molecule has 0 aliphatic heterocycles. The lowest BCUT2D eigenvalue weighted by atomic mass is 10.0. The molecule has 1 aromatic carbocycles. The molecule has 0 amide bonds. The molecule has 2 nitrogen and oxygen atoms in total. The Morgan fingerprint density at radius 1 is 1.38 bits per heavy atom. The van der Waals surface area contributed by atoms with Crippen LogP contribution in [0.4, 0.5) is 0 Å². The van der Waals surface area contributed by atoms with Crippen LogP contribution < -0.4 is 5.73 Å². The van der Waals surface area contributed by atoms with E-state index in [1.807, 2.05) is 24.3 Å². The SMILES string of the molecule is NC(Cc1ccoc1)c1cc(Cl)ccc1I. The number of hydrogen-bond donors (Lipinski definition) is 1. The van der Waals surface area contributed by atoms with Crippen LogP contribution in [-0.4, -0.2) is 0 Å². The van der Waals surface area contributed by atoms with Crippen molar-refractivity contribution in [1.82, 2.24) is 0 Å². The van der Waals surface area contributed by atoms with E-state index in [-0.39, 0.29) is 6.04 Å². The maximum Gasteiger partial charge on any atom is 0.0935 e. The lowest BCUT2D eigenvalue weighted by molar-refractivity contribution is 0.561. The third-order valence-corrected chi connectivity index (χ3v) is 3.61. The Kier molecular flexibility index (Phi) is 3.89. The summed E-state index contributed by atoms with van der Waals surface area (Å²) in [6.45, 7) is 0. The highest BCUT2D eigenvalue weighted by molar-refractivity contribution is 14.1. The maximum absolute atomic E-state index is 6.15. The van der Waals surface area contributed by atoms with E-state index < -0.39 is 0 Å². The van der Waals surface area contributed by atoms with Crippen LogP contribution in [0.1, 0.15) is 17.2 Å². The molecule has 1 atom stereocenters. The Balaban J connectivity index is 2.20.